The Bertz CT molecular complexity index is 2330. The van der Waals surface area contributed by atoms with Crippen molar-refractivity contribution in [2.45, 2.75) is 0 Å². The van der Waals surface area contributed by atoms with E-state index in [0.29, 0.717) is 0 Å². The predicted molar refractivity (Wildman–Crippen MR) is 206 cm³/mol. The first-order valence-corrected chi connectivity index (χ1v) is 16.3. The number of fused-ring (bicyclic) bond motifs is 1. The highest BCUT2D eigenvalue weighted by molar-refractivity contribution is 6.32. The Morgan fingerprint density at radius 1 is 0.312 bits per heavy atom. The molecule has 0 aromatic heterocycles. The minimum absolute atomic E-state index is 0.772. The van der Waals surface area contributed by atoms with E-state index in [1.165, 1.54) is 49.7 Å². The van der Waals surface area contributed by atoms with Crippen LogP contribution in [0.15, 0.2) is 194 Å². The van der Waals surface area contributed by atoms with E-state index in [-0.39, 0.29) is 0 Å². The highest BCUT2D eigenvalue weighted by Gasteiger charge is 2.18. The van der Waals surface area contributed by atoms with Crippen LogP contribution in [0, 0.1) is 0 Å². The van der Waals surface area contributed by atoms with Crippen LogP contribution in [0.1, 0.15) is 0 Å². The average molecular weight is 610 g/mol. The van der Waals surface area contributed by atoms with Crippen molar-refractivity contribution < 1.29 is 0 Å². The van der Waals surface area contributed by atoms with Gasteiger partial charge in [0.15, 0.2) is 0 Å². The molecule has 0 unspecified atom stereocenters. The average Bonchev–Trinajstić information content (AvgIpc) is 3.16. The van der Waals surface area contributed by atoms with E-state index in [9.17, 15) is 0 Å². The van der Waals surface area contributed by atoms with Gasteiger partial charge in [0, 0.05) is 16.9 Å². The normalized spacial score (nSPS) is 11.0. The van der Waals surface area contributed by atoms with Crippen LogP contribution in [-0.4, -0.2) is 7.85 Å². The van der Waals surface area contributed by atoms with Gasteiger partial charge in [0.05, 0.1) is 5.69 Å². The highest BCUT2D eigenvalue weighted by atomic mass is 15.1. The molecule has 0 aliphatic heterocycles. The van der Waals surface area contributed by atoms with E-state index in [1.54, 1.807) is 0 Å². The summed E-state index contributed by atoms with van der Waals surface area (Å²) in [5, 5.41) is 2.37. The number of anilines is 3. The number of rotatable bonds is 7. The summed E-state index contributed by atoms with van der Waals surface area (Å²) < 4.78 is 0. The maximum Gasteiger partial charge on any atom is 0.113 e. The minimum atomic E-state index is 0.772. The summed E-state index contributed by atoms with van der Waals surface area (Å²) in [5.74, 6) is 0. The van der Waals surface area contributed by atoms with Gasteiger partial charge in [-0.1, -0.05) is 163 Å². The molecule has 0 saturated heterocycles. The molecule has 2 radical (unpaired) electrons. The predicted octanol–water partition coefficient (Wildman–Crippen LogP) is 11.8. The van der Waals surface area contributed by atoms with Gasteiger partial charge in [0.25, 0.3) is 0 Å². The lowest BCUT2D eigenvalue weighted by Gasteiger charge is -2.28. The molecule has 0 aliphatic carbocycles. The number of benzene rings is 8. The van der Waals surface area contributed by atoms with Gasteiger partial charge in [0.2, 0.25) is 0 Å². The third-order valence-corrected chi connectivity index (χ3v) is 8.99. The Morgan fingerprint density at radius 3 is 1.52 bits per heavy atom. The summed E-state index contributed by atoms with van der Waals surface area (Å²) in [6, 6.07) is 69.1. The molecule has 0 bridgehead atoms. The van der Waals surface area contributed by atoms with Crippen LogP contribution in [0.4, 0.5) is 17.1 Å². The van der Waals surface area contributed by atoms with Crippen LogP contribution in [-0.2, 0) is 0 Å². The first kappa shape index (κ1) is 29.3. The van der Waals surface area contributed by atoms with Crippen molar-refractivity contribution in [3.8, 4) is 44.5 Å². The quantitative estimate of drug-likeness (QED) is 0.163. The Kier molecular flexibility index (Phi) is 7.90. The van der Waals surface area contributed by atoms with Gasteiger partial charge < -0.3 is 4.90 Å². The van der Waals surface area contributed by atoms with E-state index in [0.717, 1.165) is 28.1 Å². The summed E-state index contributed by atoms with van der Waals surface area (Å²) in [4.78, 5) is 2.39. The van der Waals surface area contributed by atoms with Gasteiger partial charge in [-0.25, -0.2) is 0 Å². The molecule has 1 nitrogen and oxygen atoms in total. The van der Waals surface area contributed by atoms with Gasteiger partial charge in [0.1, 0.15) is 7.85 Å². The lowest BCUT2D eigenvalue weighted by molar-refractivity contribution is 1.29. The summed E-state index contributed by atoms with van der Waals surface area (Å²) in [5.41, 5.74) is 13.6. The van der Waals surface area contributed by atoms with Crippen molar-refractivity contribution in [2.75, 3.05) is 4.90 Å². The summed E-state index contributed by atoms with van der Waals surface area (Å²) in [7, 11) is 5.95. The van der Waals surface area contributed by atoms with Crippen LogP contribution in [0.25, 0.3) is 55.3 Å². The van der Waals surface area contributed by atoms with Crippen LogP contribution in [0.3, 0.4) is 0 Å². The minimum Gasteiger partial charge on any atom is -0.310 e. The van der Waals surface area contributed by atoms with Crippen LogP contribution < -0.4 is 10.4 Å². The summed E-state index contributed by atoms with van der Waals surface area (Å²) in [6.07, 6.45) is 0. The molecule has 8 aromatic carbocycles. The Labute approximate surface area is 283 Å². The van der Waals surface area contributed by atoms with E-state index >= 15 is 0 Å². The molecule has 0 spiro atoms. The van der Waals surface area contributed by atoms with Gasteiger partial charge in [-0.05, 0) is 86.1 Å². The highest BCUT2D eigenvalue weighted by Crippen LogP contribution is 2.42. The largest absolute Gasteiger partial charge is 0.310 e. The molecule has 8 aromatic rings. The second-order valence-corrected chi connectivity index (χ2v) is 12.1. The topological polar surface area (TPSA) is 3.24 Å². The number of para-hydroxylation sites is 1. The summed E-state index contributed by atoms with van der Waals surface area (Å²) >= 11 is 0. The molecular formula is C46H32BN. The lowest BCUT2D eigenvalue weighted by Crippen LogP contribution is -2.11. The zero-order valence-corrected chi connectivity index (χ0v) is 26.5. The van der Waals surface area contributed by atoms with Gasteiger partial charge in [-0.2, -0.15) is 0 Å². The Hall–Kier alpha value is -6.12. The van der Waals surface area contributed by atoms with Crippen molar-refractivity contribution >= 4 is 41.1 Å². The van der Waals surface area contributed by atoms with Crippen molar-refractivity contribution in [3.63, 3.8) is 0 Å². The van der Waals surface area contributed by atoms with Gasteiger partial charge in [-0.3, -0.25) is 0 Å². The first-order chi connectivity index (χ1) is 23.7. The second-order valence-electron chi connectivity index (χ2n) is 12.1. The summed E-state index contributed by atoms with van der Waals surface area (Å²) in [6.45, 7) is 0. The van der Waals surface area contributed by atoms with Crippen LogP contribution in [0.5, 0.6) is 0 Å². The van der Waals surface area contributed by atoms with E-state index < -0.39 is 0 Å². The maximum atomic E-state index is 5.95. The maximum absolute atomic E-state index is 5.95. The van der Waals surface area contributed by atoms with E-state index in [4.69, 9.17) is 7.85 Å². The zero-order chi connectivity index (χ0) is 32.3. The SMILES string of the molecule is [B]c1ccc(-c2ccc3cc(N(c4cccc(-c5ccc(-c6ccccc6)cc5)c4)c4ccccc4-c4ccccc4)ccc3c2)cc1. The van der Waals surface area contributed by atoms with E-state index in [2.05, 4.69) is 187 Å². The fraction of sp³-hybridized carbons (Fsp3) is 0. The molecule has 2 heteroatoms. The molecular weight excluding hydrogens is 577 g/mol. The molecule has 0 saturated carbocycles. The van der Waals surface area contributed by atoms with Crippen molar-refractivity contribution in [1.29, 1.82) is 0 Å². The van der Waals surface area contributed by atoms with Crippen LogP contribution >= 0.6 is 0 Å². The van der Waals surface area contributed by atoms with Gasteiger partial charge >= 0.3 is 0 Å². The number of nitrogens with zero attached hydrogens (tertiary/aromatic N) is 1. The van der Waals surface area contributed by atoms with Gasteiger partial charge in [-0.15, -0.1) is 0 Å². The molecule has 0 amide bonds. The zero-order valence-electron chi connectivity index (χ0n) is 26.5. The smallest absolute Gasteiger partial charge is 0.113 e. The van der Waals surface area contributed by atoms with Crippen molar-refractivity contribution in [2.24, 2.45) is 0 Å². The standard InChI is InChI=1S/C46H32BN/c47-42-27-24-36(25-28-42)39-22-23-41-32-44(29-26-40(41)30-39)48(46-17-8-7-16-45(46)37-12-5-2-6-13-37)43-15-9-14-38(31-43)35-20-18-34(19-21-35)33-10-3-1-4-11-33/h1-32H. The third kappa shape index (κ3) is 5.93. The molecule has 48 heavy (non-hydrogen) atoms. The van der Waals surface area contributed by atoms with Crippen LogP contribution in [0.2, 0.25) is 0 Å². The van der Waals surface area contributed by atoms with Crippen molar-refractivity contribution in [1.82, 2.24) is 0 Å². The molecule has 0 atom stereocenters. The first-order valence-electron chi connectivity index (χ1n) is 16.3. The number of hydrogen-bond donors (Lipinski definition) is 0. The Balaban J connectivity index is 1.24. The van der Waals surface area contributed by atoms with Crippen molar-refractivity contribution in [3.05, 3.63) is 194 Å². The molecule has 8 rings (SSSR count). The third-order valence-electron chi connectivity index (χ3n) is 8.99. The fourth-order valence-electron chi connectivity index (χ4n) is 6.50. The fourth-order valence-corrected chi connectivity index (χ4v) is 6.50. The number of hydrogen-bond acceptors (Lipinski definition) is 1. The Morgan fingerprint density at radius 2 is 0.792 bits per heavy atom. The molecule has 224 valence electrons. The second kappa shape index (κ2) is 12.9. The monoisotopic (exact) mass is 609 g/mol. The molecule has 0 fully saturated rings. The molecule has 0 aliphatic rings. The lowest BCUT2D eigenvalue weighted by atomic mass is 9.93. The van der Waals surface area contributed by atoms with E-state index in [1.807, 2.05) is 12.1 Å². The molecule has 0 N–H and O–H groups in total. The molecule has 0 heterocycles.